The lowest BCUT2D eigenvalue weighted by molar-refractivity contribution is 0.0934. The molecule has 2 unspecified atom stereocenters. The van der Waals surface area contributed by atoms with Crippen molar-refractivity contribution in [2.45, 2.75) is 52.7 Å². The number of piperazine rings is 1. The third-order valence-electron chi connectivity index (χ3n) is 4.10. The highest BCUT2D eigenvalue weighted by Gasteiger charge is 2.29. The van der Waals surface area contributed by atoms with Gasteiger partial charge >= 0.3 is 0 Å². The summed E-state index contributed by atoms with van der Waals surface area (Å²) in [5.74, 6) is 1.46. The van der Waals surface area contributed by atoms with E-state index in [-0.39, 0.29) is 0 Å². The molecule has 0 aromatic carbocycles. The fourth-order valence-electron chi connectivity index (χ4n) is 2.94. The van der Waals surface area contributed by atoms with Crippen LogP contribution >= 0.6 is 27.3 Å². The van der Waals surface area contributed by atoms with Crippen molar-refractivity contribution < 1.29 is 0 Å². The molecule has 0 saturated carbocycles. The van der Waals surface area contributed by atoms with E-state index in [9.17, 15) is 0 Å². The number of rotatable bonds is 5. The number of halogens is 1. The van der Waals surface area contributed by atoms with E-state index in [4.69, 9.17) is 0 Å². The maximum absolute atomic E-state index is 3.75. The summed E-state index contributed by atoms with van der Waals surface area (Å²) in [5, 5.41) is 3.75. The zero-order valence-corrected chi connectivity index (χ0v) is 15.4. The second-order valence-electron chi connectivity index (χ2n) is 6.68. The quantitative estimate of drug-likeness (QED) is 0.841. The van der Waals surface area contributed by atoms with Crippen molar-refractivity contribution in [1.29, 1.82) is 0 Å². The van der Waals surface area contributed by atoms with E-state index in [1.165, 1.54) is 21.6 Å². The minimum atomic E-state index is 0.627. The molecule has 4 heteroatoms. The van der Waals surface area contributed by atoms with Crippen LogP contribution in [0.25, 0.3) is 0 Å². The lowest BCUT2D eigenvalue weighted by Crippen LogP contribution is -2.57. The van der Waals surface area contributed by atoms with Gasteiger partial charge in [0.1, 0.15) is 0 Å². The third kappa shape index (κ3) is 4.55. The molecule has 2 nitrogen and oxygen atoms in total. The van der Waals surface area contributed by atoms with Crippen LogP contribution in [-0.2, 0) is 6.54 Å². The number of nitrogens with zero attached hydrogens (tertiary/aromatic N) is 1. The van der Waals surface area contributed by atoms with E-state index in [0.717, 1.165) is 19.0 Å². The second kappa shape index (κ2) is 7.39. The molecule has 1 aromatic rings. The van der Waals surface area contributed by atoms with Gasteiger partial charge in [0.15, 0.2) is 0 Å². The number of hydrogen-bond donors (Lipinski definition) is 1. The fourth-order valence-corrected chi connectivity index (χ4v) is 4.45. The van der Waals surface area contributed by atoms with Gasteiger partial charge in [-0.05, 0) is 46.3 Å². The van der Waals surface area contributed by atoms with E-state index >= 15 is 0 Å². The molecule has 2 rings (SSSR count). The number of nitrogens with one attached hydrogen (secondary N) is 1. The van der Waals surface area contributed by atoms with Gasteiger partial charge in [0, 0.05) is 36.6 Å². The summed E-state index contributed by atoms with van der Waals surface area (Å²) in [6.45, 7) is 12.7. The Balaban J connectivity index is 2.04. The standard InChI is InChI=1S/C16H27BrN2S/c1-11(2)7-13-8-18-15(12(3)4)10-19(13)9-14-5-6-16(17)20-14/h5-6,11-13,15,18H,7-10H2,1-4H3. The van der Waals surface area contributed by atoms with Gasteiger partial charge in [-0.3, -0.25) is 4.90 Å². The smallest absolute Gasteiger partial charge is 0.0701 e. The molecule has 1 fully saturated rings. The largest absolute Gasteiger partial charge is 0.311 e. The van der Waals surface area contributed by atoms with Crippen LogP contribution in [0.5, 0.6) is 0 Å². The Morgan fingerprint density at radius 2 is 2.10 bits per heavy atom. The van der Waals surface area contributed by atoms with Crippen LogP contribution in [0.4, 0.5) is 0 Å². The molecule has 2 heterocycles. The summed E-state index contributed by atoms with van der Waals surface area (Å²) in [7, 11) is 0. The molecule has 0 bridgehead atoms. The summed E-state index contributed by atoms with van der Waals surface area (Å²) in [6, 6.07) is 5.72. The van der Waals surface area contributed by atoms with Gasteiger partial charge in [0.2, 0.25) is 0 Å². The van der Waals surface area contributed by atoms with Crippen molar-refractivity contribution >= 4 is 27.3 Å². The van der Waals surface area contributed by atoms with Gasteiger partial charge in [-0.25, -0.2) is 0 Å². The Morgan fingerprint density at radius 1 is 1.35 bits per heavy atom. The first-order valence-corrected chi connectivity index (χ1v) is 9.28. The van der Waals surface area contributed by atoms with E-state index in [2.05, 4.69) is 66.0 Å². The molecule has 114 valence electrons. The Bertz CT molecular complexity index is 416. The fraction of sp³-hybridized carbons (Fsp3) is 0.750. The molecule has 1 saturated heterocycles. The predicted molar refractivity (Wildman–Crippen MR) is 92.3 cm³/mol. The van der Waals surface area contributed by atoms with Crippen LogP contribution in [0.1, 0.15) is 39.0 Å². The minimum Gasteiger partial charge on any atom is -0.311 e. The van der Waals surface area contributed by atoms with Crippen molar-refractivity contribution in [3.05, 3.63) is 20.8 Å². The highest BCUT2D eigenvalue weighted by Crippen LogP contribution is 2.26. The van der Waals surface area contributed by atoms with Crippen LogP contribution in [0.2, 0.25) is 0 Å². The summed E-state index contributed by atoms with van der Waals surface area (Å²) in [6.07, 6.45) is 1.28. The van der Waals surface area contributed by atoms with Crippen LogP contribution < -0.4 is 5.32 Å². The topological polar surface area (TPSA) is 15.3 Å². The Hall–Kier alpha value is 0.1000. The Kier molecular flexibility index (Phi) is 6.09. The van der Waals surface area contributed by atoms with Crippen LogP contribution in [0.3, 0.4) is 0 Å². The predicted octanol–water partition coefficient (Wildman–Crippen LogP) is 4.36. The SMILES string of the molecule is CC(C)CC1CNC(C(C)C)CN1Cc1ccc(Br)s1. The summed E-state index contributed by atoms with van der Waals surface area (Å²) < 4.78 is 1.24. The summed E-state index contributed by atoms with van der Waals surface area (Å²) in [5.41, 5.74) is 0. The maximum Gasteiger partial charge on any atom is 0.0701 e. The van der Waals surface area contributed by atoms with Crippen LogP contribution in [0.15, 0.2) is 15.9 Å². The average molecular weight is 359 g/mol. The molecular weight excluding hydrogens is 332 g/mol. The molecule has 0 aliphatic carbocycles. The van der Waals surface area contributed by atoms with Crippen LogP contribution in [0, 0.1) is 11.8 Å². The molecule has 1 N–H and O–H groups in total. The molecule has 1 aliphatic rings. The van der Waals surface area contributed by atoms with Gasteiger partial charge in [0.25, 0.3) is 0 Å². The molecular formula is C16H27BrN2S. The Morgan fingerprint density at radius 3 is 2.65 bits per heavy atom. The van der Waals surface area contributed by atoms with E-state index in [0.29, 0.717) is 18.0 Å². The van der Waals surface area contributed by atoms with Gasteiger partial charge in [0.05, 0.1) is 3.79 Å². The van der Waals surface area contributed by atoms with E-state index in [1.807, 2.05) is 11.3 Å². The first-order valence-electron chi connectivity index (χ1n) is 7.67. The highest BCUT2D eigenvalue weighted by molar-refractivity contribution is 9.11. The molecule has 0 amide bonds. The summed E-state index contributed by atoms with van der Waals surface area (Å²) >= 11 is 5.44. The molecule has 0 spiro atoms. The van der Waals surface area contributed by atoms with Crippen molar-refractivity contribution in [1.82, 2.24) is 10.2 Å². The summed E-state index contributed by atoms with van der Waals surface area (Å²) in [4.78, 5) is 4.16. The highest BCUT2D eigenvalue weighted by atomic mass is 79.9. The second-order valence-corrected chi connectivity index (χ2v) is 9.22. The van der Waals surface area contributed by atoms with Crippen molar-refractivity contribution in [2.75, 3.05) is 13.1 Å². The Labute approximate surface area is 136 Å². The molecule has 2 atom stereocenters. The normalized spacial score (nSPS) is 24.8. The average Bonchev–Trinajstić information content (AvgIpc) is 2.76. The third-order valence-corrected chi connectivity index (χ3v) is 5.71. The molecule has 1 aliphatic heterocycles. The lowest BCUT2D eigenvalue weighted by Gasteiger charge is -2.42. The van der Waals surface area contributed by atoms with Crippen molar-refractivity contribution in [2.24, 2.45) is 11.8 Å². The first-order chi connectivity index (χ1) is 9.45. The monoisotopic (exact) mass is 358 g/mol. The van der Waals surface area contributed by atoms with Crippen molar-refractivity contribution in [3.8, 4) is 0 Å². The maximum atomic E-state index is 3.75. The molecule has 20 heavy (non-hydrogen) atoms. The number of hydrogen-bond acceptors (Lipinski definition) is 3. The van der Waals surface area contributed by atoms with Gasteiger partial charge in [-0.15, -0.1) is 11.3 Å². The molecule has 1 aromatic heterocycles. The van der Waals surface area contributed by atoms with Gasteiger partial charge < -0.3 is 5.32 Å². The molecule has 0 radical (unpaired) electrons. The minimum absolute atomic E-state index is 0.627. The van der Waals surface area contributed by atoms with Crippen LogP contribution in [-0.4, -0.2) is 30.1 Å². The lowest BCUT2D eigenvalue weighted by atomic mass is 9.95. The number of thiophene rings is 1. The first kappa shape index (κ1) is 16.5. The zero-order chi connectivity index (χ0) is 14.7. The van der Waals surface area contributed by atoms with Gasteiger partial charge in [-0.1, -0.05) is 27.7 Å². The van der Waals surface area contributed by atoms with E-state index < -0.39 is 0 Å². The zero-order valence-electron chi connectivity index (χ0n) is 13.0. The van der Waals surface area contributed by atoms with Crippen molar-refractivity contribution in [3.63, 3.8) is 0 Å². The van der Waals surface area contributed by atoms with E-state index in [1.54, 1.807) is 0 Å². The van der Waals surface area contributed by atoms with Gasteiger partial charge in [-0.2, -0.15) is 0 Å².